The first kappa shape index (κ1) is 27.9. The van der Waals surface area contributed by atoms with Crippen LogP contribution in [-0.4, -0.2) is 32.9 Å². The van der Waals surface area contributed by atoms with Gasteiger partial charge in [-0.05, 0) is 96.5 Å². The predicted octanol–water partition coefficient (Wildman–Crippen LogP) is 7.53. The lowest BCUT2D eigenvalue weighted by Crippen LogP contribution is -2.55. The molecule has 38 heavy (non-hydrogen) atoms. The Bertz CT molecular complexity index is 1350. The van der Waals surface area contributed by atoms with Crippen LogP contribution >= 0.6 is 23.8 Å². The molecule has 0 aromatic heterocycles. The monoisotopic (exact) mass is 552 g/mol. The number of hydrazine groups is 1. The van der Waals surface area contributed by atoms with E-state index < -0.39 is 5.54 Å². The third-order valence-electron chi connectivity index (χ3n) is 6.21. The van der Waals surface area contributed by atoms with E-state index in [-0.39, 0.29) is 17.9 Å². The highest BCUT2D eigenvalue weighted by molar-refractivity contribution is 7.93. The number of aryl methyl sites for hydroxylation is 2. The van der Waals surface area contributed by atoms with E-state index in [0.29, 0.717) is 21.9 Å². The lowest BCUT2D eigenvalue weighted by Gasteiger charge is -2.41. The molecule has 1 atom stereocenters. The lowest BCUT2D eigenvalue weighted by atomic mass is 9.99. The van der Waals surface area contributed by atoms with Gasteiger partial charge in [0.05, 0.1) is 5.54 Å². The minimum Gasteiger partial charge on any atom is -0.490 e. The molecular weight excluding hydrogens is 520 g/mol. The van der Waals surface area contributed by atoms with Crippen LogP contribution in [-0.2, 0) is 6.42 Å². The Hall–Kier alpha value is -3.16. The topological polar surface area (TPSA) is 59.1 Å². The summed E-state index contributed by atoms with van der Waals surface area (Å²) in [5.41, 5.74) is 3.89. The summed E-state index contributed by atoms with van der Waals surface area (Å²) in [6.07, 6.45) is 0.856. The van der Waals surface area contributed by atoms with Crippen LogP contribution in [0.5, 0.6) is 11.5 Å². The molecule has 0 spiro atoms. The molecule has 2 amide bonds. The summed E-state index contributed by atoms with van der Waals surface area (Å²) in [7, 11) is 0. The number of carbonyl (C=O) groups excluding carboxylic acids is 2. The van der Waals surface area contributed by atoms with Crippen molar-refractivity contribution in [3.05, 3.63) is 93.0 Å². The van der Waals surface area contributed by atoms with Crippen molar-refractivity contribution in [1.29, 1.82) is 0 Å². The molecule has 200 valence electrons. The number of halogens is 1. The molecule has 0 aliphatic carbocycles. The number of nitrogens with zero attached hydrogens (tertiary/aromatic N) is 2. The smallest absolute Gasteiger partial charge is 0.285 e. The molecule has 0 fully saturated rings. The van der Waals surface area contributed by atoms with E-state index in [1.807, 2.05) is 78.8 Å². The Labute approximate surface area is 234 Å². The number of hydrogen-bond donors (Lipinski definition) is 0. The predicted molar refractivity (Wildman–Crippen MR) is 153 cm³/mol. The standard InChI is InChI=1S/C30H33ClN2O4S/c1-18-14-19(2)16-23(15-18)28(34)33(38-37-25-11-9-24(31)10-12-25)32(30(5,6)7)29(35)26-13-8-22-17-20(3)36-27(22)21(26)4/h8-16,20H,17H2,1-7H3. The van der Waals surface area contributed by atoms with Crippen molar-refractivity contribution >= 4 is 35.6 Å². The average Bonchev–Trinajstić information content (AvgIpc) is 3.22. The molecule has 1 aliphatic heterocycles. The molecule has 4 rings (SSSR count). The Morgan fingerprint density at radius 3 is 2.21 bits per heavy atom. The fourth-order valence-electron chi connectivity index (χ4n) is 4.57. The number of amides is 2. The van der Waals surface area contributed by atoms with Crippen LogP contribution in [0.2, 0.25) is 5.02 Å². The van der Waals surface area contributed by atoms with Crippen molar-refractivity contribution in [3.63, 3.8) is 0 Å². The normalized spacial score (nSPS) is 14.5. The van der Waals surface area contributed by atoms with Gasteiger partial charge in [-0.2, -0.15) is 0 Å². The molecular formula is C30H33ClN2O4S. The van der Waals surface area contributed by atoms with Gasteiger partial charge >= 0.3 is 0 Å². The van der Waals surface area contributed by atoms with E-state index in [0.717, 1.165) is 46.7 Å². The zero-order valence-electron chi connectivity index (χ0n) is 22.8. The number of benzene rings is 3. The minimum atomic E-state index is -0.776. The van der Waals surface area contributed by atoms with Crippen LogP contribution in [0.3, 0.4) is 0 Å². The molecule has 1 heterocycles. The van der Waals surface area contributed by atoms with Gasteiger partial charge in [0, 0.05) is 28.1 Å². The summed E-state index contributed by atoms with van der Waals surface area (Å²) < 4.78 is 13.3. The van der Waals surface area contributed by atoms with Gasteiger partial charge in [-0.1, -0.05) is 34.9 Å². The quantitative estimate of drug-likeness (QED) is 0.186. The number of hydrogen-bond acceptors (Lipinski definition) is 5. The minimum absolute atomic E-state index is 0.0544. The molecule has 1 unspecified atom stereocenters. The number of rotatable bonds is 5. The van der Waals surface area contributed by atoms with Crippen molar-refractivity contribution in [2.24, 2.45) is 0 Å². The molecule has 0 saturated heterocycles. The second-order valence-corrected chi connectivity index (χ2v) is 11.8. The molecule has 0 radical (unpaired) electrons. The van der Waals surface area contributed by atoms with Crippen molar-refractivity contribution in [3.8, 4) is 11.5 Å². The maximum atomic E-state index is 14.3. The highest BCUT2D eigenvalue weighted by atomic mass is 35.5. The van der Waals surface area contributed by atoms with Crippen molar-refractivity contribution in [2.75, 3.05) is 0 Å². The lowest BCUT2D eigenvalue weighted by molar-refractivity contribution is -0.00189. The van der Waals surface area contributed by atoms with Crippen molar-refractivity contribution in [2.45, 2.75) is 66.5 Å². The number of fused-ring (bicyclic) bond motifs is 1. The van der Waals surface area contributed by atoms with Gasteiger partial charge in [0.2, 0.25) is 12.2 Å². The third-order valence-corrected chi connectivity index (χ3v) is 7.20. The Balaban J connectivity index is 1.77. The van der Waals surface area contributed by atoms with E-state index in [9.17, 15) is 9.59 Å². The first-order valence-electron chi connectivity index (χ1n) is 12.5. The SMILES string of the molecule is Cc1cc(C)cc(C(=O)N(SOc2ccc(Cl)cc2)N(C(=O)c2ccc3c(c2C)OC(C)C3)C(C)(C)C)c1. The number of carbonyl (C=O) groups is 2. The van der Waals surface area contributed by atoms with Crippen molar-refractivity contribution in [1.82, 2.24) is 9.42 Å². The molecule has 0 saturated carbocycles. The van der Waals surface area contributed by atoms with Gasteiger partial charge in [0.1, 0.15) is 17.6 Å². The zero-order valence-corrected chi connectivity index (χ0v) is 24.4. The average molecular weight is 553 g/mol. The van der Waals surface area contributed by atoms with E-state index >= 15 is 0 Å². The van der Waals surface area contributed by atoms with Gasteiger partial charge in [-0.15, -0.1) is 4.41 Å². The van der Waals surface area contributed by atoms with Crippen LogP contribution in [0.1, 0.15) is 70.7 Å². The highest BCUT2D eigenvalue weighted by Crippen LogP contribution is 2.37. The summed E-state index contributed by atoms with van der Waals surface area (Å²) in [5, 5.41) is 2.03. The van der Waals surface area contributed by atoms with E-state index in [1.165, 1.54) is 9.42 Å². The van der Waals surface area contributed by atoms with E-state index in [2.05, 4.69) is 0 Å². The van der Waals surface area contributed by atoms with Crippen molar-refractivity contribution < 1.29 is 18.5 Å². The Kier molecular flexibility index (Phi) is 8.00. The zero-order chi connectivity index (χ0) is 27.8. The summed E-state index contributed by atoms with van der Waals surface area (Å²) in [4.78, 5) is 28.3. The Morgan fingerprint density at radius 1 is 0.974 bits per heavy atom. The highest BCUT2D eigenvalue weighted by Gasteiger charge is 2.39. The summed E-state index contributed by atoms with van der Waals surface area (Å²) in [6, 6.07) is 16.2. The van der Waals surface area contributed by atoms with Gasteiger partial charge < -0.3 is 8.92 Å². The largest absolute Gasteiger partial charge is 0.490 e. The molecule has 3 aromatic rings. The summed E-state index contributed by atoms with van der Waals surface area (Å²) >= 11 is 6.83. The van der Waals surface area contributed by atoms with Gasteiger partial charge in [0.15, 0.2) is 0 Å². The van der Waals surface area contributed by atoms with Crippen LogP contribution in [0.25, 0.3) is 0 Å². The van der Waals surface area contributed by atoms with Crippen LogP contribution in [0.15, 0.2) is 54.6 Å². The second kappa shape index (κ2) is 10.9. The maximum absolute atomic E-state index is 14.3. The molecule has 1 aliphatic rings. The summed E-state index contributed by atoms with van der Waals surface area (Å²) in [6.45, 7) is 13.4. The Morgan fingerprint density at radius 2 is 1.61 bits per heavy atom. The van der Waals surface area contributed by atoms with Gasteiger partial charge in [-0.3, -0.25) is 9.59 Å². The molecule has 0 N–H and O–H groups in total. The number of ether oxygens (including phenoxy) is 1. The fraction of sp³-hybridized carbons (Fsp3) is 0.333. The van der Waals surface area contributed by atoms with E-state index in [1.54, 1.807) is 24.3 Å². The molecule has 0 bridgehead atoms. The summed E-state index contributed by atoms with van der Waals surface area (Å²) in [5.74, 6) is 0.540. The fourth-order valence-corrected chi connectivity index (χ4v) is 5.52. The first-order valence-corrected chi connectivity index (χ1v) is 13.6. The molecule has 3 aromatic carbocycles. The second-order valence-electron chi connectivity index (χ2n) is 10.7. The molecule has 8 heteroatoms. The van der Waals surface area contributed by atoms with Gasteiger partial charge in [0.25, 0.3) is 11.8 Å². The third kappa shape index (κ3) is 5.94. The van der Waals surface area contributed by atoms with Crippen LogP contribution in [0, 0.1) is 20.8 Å². The maximum Gasteiger partial charge on any atom is 0.285 e. The van der Waals surface area contributed by atoms with E-state index in [4.69, 9.17) is 20.5 Å². The van der Waals surface area contributed by atoms with Crippen LogP contribution in [0.4, 0.5) is 0 Å². The first-order chi connectivity index (χ1) is 17.8. The molecule has 6 nitrogen and oxygen atoms in total. The van der Waals surface area contributed by atoms with Crippen LogP contribution < -0.4 is 8.92 Å². The van der Waals surface area contributed by atoms with Gasteiger partial charge in [-0.25, -0.2) is 5.01 Å².